The summed E-state index contributed by atoms with van der Waals surface area (Å²) in [6, 6.07) is 38.4. The van der Waals surface area contributed by atoms with Crippen LogP contribution in [0.25, 0.3) is 11.1 Å². The van der Waals surface area contributed by atoms with E-state index in [9.17, 15) is 0 Å². The molecule has 0 aromatic heterocycles. The van der Waals surface area contributed by atoms with Gasteiger partial charge < -0.3 is 0 Å². The Kier molecular flexibility index (Phi) is 3.91. The van der Waals surface area contributed by atoms with Gasteiger partial charge in [0.25, 0.3) is 0 Å². The normalized spacial score (nSPS) is 15.3. The lowest BCUT2D eigenvalue weighted by Gasteiger charge is -2.21. The molecule has 4 aromatic carbocycles. The summed E-state index contributed by atoms with van der Waals surface area (Å²) in [5, 5.41) is 0. The summed E-state index contributed by atoms with van der Waals surface area (Å²) in [6.07, 6.45) is 0. The summed E-state index contributed by atoms with van der Waals surface area (Å²) in [5.41, 5.74) is 8.31. The molecule has 0 bridgehead atoms. The van der Waals surface area contributed by atoms with E-state index >= 15 is 0 Å². The Morgan fingerprint density at radius 3 is 1.89 bits per heavy atom. The molecule has 1 heteroatoms. The average molecular weight is 345 g/mol. The molecule has 0 saturated carbocycles. The van der Waals surface area contributed by atoms with Gasteiger partial charge >= 0.3 is 0 Å². The molecule has 1 heterocycles. The standard InChI is InChI=1S/C26H19N/c1-3-11-19(12-4-1)25-23-17-8-7-15-21(23)22-16-9-10-18-24(22)27-26(25)20-13-5-2-6-14-20/h1-18,25H. The van der Waals surface area contributed by atoms with Gasteiger partial charge in [0.05, 0.1) is 17.3 Å². The summed E-state index contributed by atoms with van der Waals surface area (Å²) in [6.45, 7) is 0. The Hall–Kier alpha value is -3.45. The maximum absolute atomic E-state index is 5.20. The highest BCUT2D eigenvalue weighted by Crippen LogP contribution is 2.43. The highest BCUT2D eigenvalue weighted by molar-refractivity contribution is 6.11. The Morgan fingerprint density at radius 1 is 0.519 bits per heavy atom. The minimum absolute atomic E-state index is 0.0946. The Morgan fingerprint density at radius 2 is 1.11 bits per heavy atom. The van der Waals surface area contributed by atoms with Crippen molar-refractivity contribution in [3.05, 3.63) is 126 Å². The fourth-order valence-corrected chi connectivity index (χ4v) is 3.96. The van der Waals surface area contributed by atoms with Crippen molar-refractivity contribution in [1.82, 2.24) is 0 Å². The minimum atomic E-state index is 0.0946. The quantitative estimate of drug-likeness (QED) is 0.387. The van der Waals surface area contributed by atoms with Crippen molar-refractivity contribution in [3.8, 4) is 11.1 Å². The van der Waals surface area contributed by atoms with Crippen LogP contribution < -0.4 is 0 Å². The highest BCUT2D eigenvalue weighted by atomic mass is 14.8. The van der Waals surface area contributed by atoms with Crippen molar-refractivity contribution in [3.63, 3.8) is 0 Å². The fourth-order valence-electron chi connectivity index (χ4n) is 3.96. The van der Waals surface area contributed by atoms with Crippen LogP contribution in [0.2, 0.25) is 0 Å². The molecule has 27 heavy (non-hydrogen) atoms. The van der Waals surface area contributed by atoms with Crippen molar-refractivity contribution in [2.24, 2.45) is 4.99 Å². The fraction of sp³-hybridized carbons (Fsp3) is 0.0385. The zero-order valence-electron chi connectivity index (χ0n) is 14.9. The third-order valence-electron chi connectivity index (χ3n) is 5.18. The molecule has 1 unspecified atom stereocenters. The van der Waals surface area contributed by atoms with Crippen LogP contribution in [-0.2, 0) is 0 Å². The molecule has 1 aliphatic rings. The molecule has 0 amide bonds. The molecule has 0 fully saturated rings. The molecule has 0 radical (unpaired) electrons. The van der Waals surface area contributed by atoms with Gasteiger partial charge in [-0.2, -0.15) is 0 Å². The first-order valence-electron chi connectivity index (χ1n) is 9.29. The maximum Gasteiger partial charge on any atom is 0.0712 e. The maximum atomic E-state index is 5.20. The number of hydrogen-bond donors (Lipinski definition) is 0. The van der Waals surface area contributed by atoms with Crippen LogP contribution >= 0.6 is 0 Å². The van der Waals surface area contributed by atoms with Crippen molar-refractivity contribution in [1.29, 1.82) is 0 Å². The lowest BCUT2D eigenvalue weighted by molar-refractivity contribution is 1.08. The molecule has 128 valence electrons. The molecule has 1 aliphatic heterocycles. The molecule has 1 atom stereocenters. The number of aliphatic imine (C=N–C) groups is 1. The third-order valence-corrected chi connectivity index (χ3v) is 5.18. The van der Waals surface area contributed by atoms with Crippen LogP contribution in [-0.4, -0.2) is 5.71 Å². The van der Waals surface area contributed by atoms with E-state index in [1.165, 1.54) is 22.3 Å². The third kappa shape index (κ3) is 2.78. The van der Waals surface area contributed by atoms with Crippen molar-refractivity contribution in [2.45, 2.75) is 5.92 Å². The van der Waals surface area contributed by atoms with Crippen LogP contribution in [0.15, 0.2) is 114 Å². The lowest BCUT2D eigenvalue weighted by atomic mass is 9.81. The number of rotatable bonds is 2. The smallest absolute Gasteiger partial charge is 0.0712 e. The van der Waals surface area contributed by atoms with Crippen molar-refractivity contribution < 1.29 is 0 Å². The number of hydrogen-bond acceptors (Lipinski definition) is 1. The first kappa shape index (κ1) is 15.8. The first-order chi connectivity index (χ1) is 13.4. The second-order valence-corrected chi connectivity index (χ2v) is 6.81. The van der Waals surface area contributed by atoms with Gasteiger partial charge in [-0.25, -0.2) is 0 Å². The summed E-state index contributed by atoms with van der Waals surface area (Å²) in [4.78, 5) is 5.20. The summed E-state index contributed by atoms with van der Waals surface area (Å²) >= 11 is 0. The van der Waals surface area contributed by atoms with Gasteiger partial charge in [0.1, 0.15) is 0 Å². The van der Waals surface area contributed by atoms with Gasteiger partial charge in [0.15, 0.2) is 0 Å². The zero-order chi connectivity index (χ0) is 18.1. The lowest BCUT2D eigenvalue weighted by Crippen LogP contribution is -2.15. The van der Waals surface area contributed by atoms with Crippen LogP contribution in [0.1, 0.15) is 22.6 Å². The van der Waals surface area contributed by atoms with Crippen LogP contribution in [0.5, 0.6) is 0 Å². The molecule has 1 nitrogen and oxygen atoms in total. The number of nitrogens with zero attached hydrogens (tertiary/aromatic N) is 1. The molecule has 4 aromatic rings. The largest absolute Gasteiger partial charge is 0.251 e. The summed E-state index contributed by atoms with van der Waals surface area (Å²) < 4.78 is 0. The van der Waals surface area contributed by atoms with E-state index in [0.717, 1.165) is 17.0 Å². The monoisotopic (exact) mass is 345 g/mol. The molecular weight excluding hydrogens is 326 g/mol. The molecule has 0 N–H and O–H groups in total. The van der Waals surface area contributed by atoms with E-state index in [4.69, 9.17) is 4.99 Å². The van der Waals surface area contributed by atoms with Crippen LogP contribution in [0.4, 0.5) is 5.69 Å². The van der Waals surface area contributed by atoms with E-state index in [0.29, 0.717) is 0 Å². The van der Waals surface area contributed by atoms with Crippen molar-refractivity contribution in [2.75, 3.05) is 0 Å². The highest BCUT2D eigenvalue weighted by Gasteiger charge is 2.28. The van der Waals surface area contributed by atoms with Gasteiger partial charge in [0.2, 0.25) is 0 Å². The van der Waals surface area contributed by atoms with E-state index in [-0.39, 0.29) is 5.92 Å². The second-order valence-electron chi connectivity index (χ2n) is 6.81. The predicted molar refractivity (Wildman–Crippen MR) is 113 cm³/mol. The molecule has 0 spiro atoms. The second kappa shape index (κ2) is 6.69. The van der Waals surface area contributed by atoms with E-state index in [1.807, 2.05) is 0 Å². The molecule has 0 aliphatic carbocycles. The molecular formula is C26H19N. The first-order valence-corrected chi connectivity index (χ1v) is 9.29. The summed E-state index contributed by atoms with van der Waals surface area (Å²) in [5.74, 6) is 0.0946. The SMILES string of the molecule is c1ccc(C2=Nc3ccccc3-c3ccccc3C2c2ccccc2)cc1. The van der Waals surface area contributed by atoms with Gasteiger partial charge in [-0.05, 0) is 28.3 Å². The van der Waals surface area contributed by atoms with Gasteiger partial charge in [-0.1, -0.05) is 103 Å². The van der Waals surface area contributed by atoms with Crippen LogP contribution in [0.3, 0.4) is 0 Å². The summed E-state index contributed by atoms with van der Waals surface area (Å²) in [7, 11) is 0. The van der Waals surface area contributed by atoms with Gasteiger partial charge in [0, 0.05) is 5.56 Å². The van der Waals surface area contributed by atoms with Gasteiger partial charge in [-0.15, -0.1) is 0 Å². The molecule has 5 rings (SSSR count). The topological polar surface area (TPSA) is 12.4 Å². The Bertz CT molecular complexity index is 1110. The molecule has 0 saturated heterocycles. The Labute approximate surface area is 159 Å². The zero-order valence-corrected chi connectivity index (χ0v) is 14.9. The number of para-hydroxylation sites is 1. The number of benzene rings is 4. The number of fused-ring (bicyclic) bond motifs is 3. The van der Waals surface area contributed by atoms with E-state index in [2.05, 4.69) is 109 Å². The van der Waals surface area contributed by atoms with Gasteiger partial charge in [-0.3, -0.25) is 4.99 Å². The average Bonchev–Trinajstić information content (AvgIpc) is 2.90. The Balaban J connectivity index is 1.86. The van der Waals surface area contributed by atoms with Crippen molar-refractivity contribution >= 4 is 11.4 Å². The van der Waals surface area contributed by atoms with Crippen LogP contribution in [0, 0.1) is 0 Å². The van der Waals surface area contributed by atoms with E-state index in [1.54, 1.807) is 0 Å². The minimum Gasteiger partial charge on any atom is -0.251 e. The van der Waals surface area contributed by atoms with E-state index < -0.39 is 0 Å². The predicted octanol–water partition coefficient (Wildman–Crippen LogP) is 6.62.